The maximum Gasteiger partial charge on any atom is 0.278 e. The number of quaternary nitrogens is 1. The molecule has 0 aliphatic carbocycles. The van der Waals surface area contributed by atoms with Crippen molar-refractivity contribution < 1.29 is 18.9 Å². The van der Waals surface area contributed by atoms with Gasteiger partial charge in [-0.15, -0.1) is 0 Å². The second kappa shape index (κ2) is 6.61. The van der Waals surface area contributed by atoms with Crippen molar-refractivity contribution in [2.75, 3.05) is 0 Å². The molecule has 0 heterocycles. The summed E-state index contributed by atoms with van der Waals surface area (Å²) in [5.74, 6) is -1.79. The van der Waals surface area contributed by atoms with Gasteiger partial charge in [-0.25, -0.2) is 8.78 Å². The van der Waals surface area contributed by atoms with Crippen molar-refractivity contribution >= 4 is 5.91 Å². The molecule has 0 radical (unpaired) electrons. The first-order valence-corrected chi connectivity index (χ1v) is 6.41. The second-order valence-corrected chi connectivity index (χ2v) is 5.11. The molecule has 0 aromatic heterocycles. The highest BCUT2D eigenvalue weighted by Crippen LogP contribution is 2.13. The van der Waals surface area contributed by atoms with Gasteiger partial charge in [-0.1, -0.05) is 0 Å². The summed E-state index contributed by atoms with van der Waals surface area (Å²) < 4.78 is 26.0. The summed E-state index contributed by atoms with van der Waals surface area (Å²) in [5.41, 5.74) is 0.656. The lowest BCUT2D eigenvalue weighted by atomic mass is 10.1. The fraction of sp³-hybridized carbons (Fsp3) is 0.500. The average Bonchev–Trinajstić information content (AvgIpc) is 2.31. The van der Waals surface area contributed by atoms with Crippen LogP contribution < -0.4 is 10.6 Å². The molecule has 3 N–H and O–H groups in total. The van der Waals surface area contributed by atoms with Crippen LogP contribution in [0.15, 0.2) is 18.2 Å². The molecule has 19 heavy (non-hydrogen) atoms. The zero-order valence-electron chi connectivity index (χ0n) is 11.7. The fourth-order valence-corrected chi connectivity index (χ4v) is 1.84. The van der Waals surface area contributed by atoms with Gasteiger partial charge in [0.25, 0.3) is 5.91 Å². The molecule has 0 saturated carbocycles. The first-order chi connectivity index (χ1) is 8.81. The Hall–Kier alpha value is -1.49. The Balaban J connectivity index is 2.65. The van der Waals surface area contributed by atoms with E-state index in [0.29, 0.717) is 5.56 Å². The van der Waals surface area contributed by atoms with Gasteiger partial charge in [0.15, 0.2) is 17.7 Å². The van der Waals surface area contributed by atoms with Crippen molar-refractivity contribution in [2.24, 2.45) is 0 Å². The van der Waals surface area contributed by atoms with E-state index in [-0.39, 0.29) is 24.0 Å². The van der Waals surface area contributed by atoms with Crippen LogP contribution in [0.3, 0.4) is 0 Å². The van der Waals surface area contributed by atoms with E-state index in [1.807, 2.05) is 26.1 Å². The molecule has 1 aromatic carbocycles. The lowest BCUT2D eigenvalue weighted by molar-refractivity contribution is -0.710. The molecule has 1 amide bonds. The van der Waals surface area contributed by atoms with E-state index in [2.05, 4.69) is 5.32 Å². The second-order valence-electron chi connectivity index (χ2n) is 5.11. The molecule has 0 unspecified atom stereocenters. The van der Waals surface area contributed by atoms with Gasteiger partial charge in [0.05, 0.1) is 0 Å². The summed E-state index contributed by atoms with van der Waals surface area (Å²) in [6, 6.07) is 3.49. The molecule has 0 aliphatic heterocycles. The molecule has 1 rings (SSSR count). The fourth-order valence-electron chi connectivity index (χ4n) is 1.84. The number of carbonyl (C=O) groups excluding carboxylic acids is 1. The number of nitrogens with two attached hydrogens (primary N) is 1. The summed E-state index contributed by atoms with van der Waals surface area (Å²) in [4.78, 5) is 11.8. The molecular weight excluding hydrogens is 250 g/mol. The molecule has 3 nitrogen and oxygen atoms in total. The van der Waals surface area contributed by atoms with Crippen LogP contribution in [0.5, 0.6) is 0 Å². The van der Waals surface area contributed by atoms with E-state index < -0.39 is 11.6 Å². The Labute approximate surface area is 112 Å². The van der Waals surface area contributed by atoms with Gasteiger partial charge in [-0.3, -0.25) is 4.79 Å². The zero-order chi connectivity index (χ0) is 14.6. The van der Waals surface area contributed by atoms with Crippen LogP contribution in [0.25, 0.3) is 0 Å². The van der Waals surface area contributed by atoms with Crippen LogP contribution in [0.2, 0.25) is 0 Å². The van der Waals surface area contributed by atoms with Crippen LogP contribution in [-0.4, -0.2) is 18.0 Å². The number of rotatable bonds is 5. The van der Waals surface area contributed by atoms with Crippen LogP contribution in [0, 0.1) is 11.6 Å². The monoisotopic (exact) mass is 271 g/mol. The number of benzene rings is 1. The topological polar surface area (TPSA) is 45.7 Å². The molecule has 0 bridgehead atoms. The number of hydrogen-bond acceptors (Lipinski definition) is 1. The van der Waals surface area contributed by atoms with Crippen LogP contribution in [0.1, 0.15) is 39.3 Å². The maximum atomic E-state index is 13.1. The van der Waals surface area contributed by atoms with Crippen molar-refractivity contribution in [1.82, 2.24) is 5.32 Å². The minimum atomic E-state index is -0.864. The van der Waals surface area contributed by atoms with Gasteiger partial charge in [-0.2, -0.15) is 0 Å². The van der Waals surface area contributed by atoms with Gasteiger partial charge < -0.3 is 10.6 Å². The van der Waals surface area contributed by atoms with Crippen molar-refractivity contribution in [3.63, 3.8) is 0 Å². The zero-order valence-corrected chi connectivity index (χ0v) is 11.7. The van der Waals surface area contributed by atoms with E-state index in [1.165, 1.54) is 12.1 Å². The van der Waals surface area contributed by atoms with Gasteiger partial charge in [-0.05, 0) is 45.9 Å². The first kappa shape index (κ1) is 15.6. The summed E-state index contributed by atoms with van der Waals surface area (Å²) in [6.45, 7) is 7.42. The van der Waals surface area contributed by atoms with Gasteiger partial charge >= 0.3 is 0 Å². The Morgan fingerprint density at radius 3 is 2.32 bits per heavy atom. The molecule has 1 aromatic rings. The van der Waals surface area contributed by atoms with Gasteiger partial charge in [0.2, 0.25) is 0 Å². The third-order valence-electron chi connectivity index (χ3n) is 2.89. The third kappa shape index (κ3) is 4.59. The quantitative estimate of drug-likeness (QED) is 0.837. The Kier molecular flexibility index (Phi) is 5.42. The maximum absolute atomic E-state index is 13.1. The smallest absolute Gasteiger partial charge is 0.278 e. The van der Waals surface area contributed by atoms with Gasteiger partial charge in [0, 0.05) is 11.6 Å². The molecule has 0 saturated heterocycles. The summed E-state index contributed by atoms with van der Waals surface area (Å²) in [5, 5.41) is 4.64. The third-order valence-corrected chi connectivity index (χ3v) is 2.89. The largest absolute Gasteiger partial charge is 0.349 e. The number of hydrogen-bond donors (Lipinski definition) is 2. The lowest BCUT2D eigenvalue weighted by Gasteiger charge is -2.18. The van der Waals surface area contributed by atoms with E-state index in [0.717, 1.165) is 6.07 Å². The highest BCUT2D eigenvalue weighted by atomic mass is 19.2. The van der Waals surface area contributed by atoms with E-state index >= 15 is 0 Å². The van der Waals surface area contributed by atoms with Crippen LogP contribution in [0.4, 0.5) is 8.78 Å². The summed E-state index contributed by atoms with van der Waals surface area (Å²) >= 11 is 0. The molecule has 0 aliphatic rings. The SMILES string of the molecule is CC(C)NC(=O)[C@@H](C)[NH2+][C@H](C)c1ccc(F)c(F)c1. The summed E-state index contributed by atoms with van der Waals surface area (Å²) in [6.07, 6.45) is 0. The Morgan fingerprint density at radius 2 is 1.79 bits per heavy atom. The molecule has 0 spiro atoms. The van der Waals surface area contributed by atoms with Crippen LogP contribution >= 0.6 is 0 Å². The van der Waals surface area contributed by atoms with Crippen molar-refractivity contribution in [3.05, 3.63) is 35.4 Å². The predicted molar refractivity (Wildman–Crippen MR) is 69.4 cm³/mol. The number of halogens is 2. The number of carbonyl (C=O) groups is 1. The molecule has 0 fully saturated rings. The normalized spacial score (nSPS) is 14.3. The molecule has 106 valence electrons. The van der Waals surface area contributed by atoms with Crippen molar-refractivity contribution in [2.45, 2.75) is 45.8 Å². The summed E-state index contributed by atoms with van der Waals surface area (Å²) in [7, 11) is 0. The Bertz CT molecular complexity index is 449. The standard InChI is InChI=1S/C14H20F2N2O/c1-8(2)17-14(19)10(4)18-9(3)11-5-6-12(15)13(16)7-11/h5-10,18H,1-4H3,(H,17,19)/p+1/t9-,10-/m1/s1. The van der Waals surface area contributed by atoms with E-state index in [4.69, 9.17) is 0 Å². The molecule has 5 heteroatoms. The highest BCUT2D eigenvalue weighted by molar-refractivity contribution is 5.80. The first-order valence-electron chi connectivity index (χ1n) is 6.41. The minimum Gasteiger partial charge on any atom is -0.349 e. The molecular formula is C14H21F2N2O+. The van der Waals surface area contributed by atoms with Crippen molar-refractivity contribution in [3.8, 4) is 0 Å². The average molecular weight is 271 g/mol. The highest BCUT2D eigenvalue weighted by Gasteiger charge is 2.21. The van der Waals surface area contributed by atoms with E-state index in [1.54, 1.807) is 6.92 Å². The van der Waals surface area contributed by atoms with Crippen molar-refractivity contribution in [1.29, 1.82) is 0 Å². The molecule has 2 atom stereocenters. The number of amides is 1. The minimum absolute atomic E-state index is 0.0653. The van der Waals surface area contributed by atoms with E-state index in [9.17, 15) is 13.6 Å². The van der Waals surface area contributed by atoms with Crippen LogP contribution in [-0.2, 0) is 4.79 Å². The number of nitrogens with one attached hydrogen (secondary N) is 1. The lowest BCUT2D eigenvalue weighted by Crippen LogP contribution is -2.92. The Morgan fingerprint density at radius 1 is 1.16 bits per heavy atom. The van der Waals surface area contributed by atoms with Gasteiger partial charge in [0.1, 0.15) is 6.04 Å². The predicted octanol–water partition coefficient (Wildman–Crippen LogP) is 1.50.